The van der Waals surface area contributed by atoms with Crippen molar-refractivity contribution in [1.29, 1.82) is 0 Å². The summed E-state index contributed by atoms with van der Waals surface area (Å²) in [6.07, 6.45) is 15.1. The van der Waals surface area contributed by atoms with Crippen LogP contribution < -0.4 is 0 Å². The average Bonchev–Trinajstić information content (AvgIpc) is 2.79. The molecule has 0 spiro atoms. The Labute approximate surface area is 229 Å². The van der Waals surface area contributed by atoms with E-state index in [1.165, 1.54) is 51.4 Å². The highest BCUT2D eigenvalue weighted by Crippen LogP contribution is 2.76. The Morgan fingerprint density at radius 1 is 0.919 bits per heavy atom. The van der Waals surface area contributed by atoms with Gasteiger partial charge in [0.1, 0.15) is 6.10 Å². The molecule has 4 fully saturated rings. The lowest BCUT2D eigenvalue weighted by Crippen LogP contribution is -2.67. The number of ether oxygens (including phenoxy) is 1. The molecule has 0 bridgehead atoms. The molecule has 10 unspecified atom stereocenters. The van der Waals surface area contributed by atoms with Crippen molar-refractivity contribution in [2.45, 2.75) is 140 Å². The lowest BCUT2D eigenvalue weighted by atomic mass is 9.31. The molecule has 0 aromatic heterocycles. The van der Waals surface area contributed by atoms with Gasteiger partial charge in [-0.25, -0.2) is 0 Å². The summed E-state index contributed by atoms with van der Waals surface area (Å²) >= 11 is 0. The molecule has 210 valence electrons. The maximum absolute atomic E-state index is 12.7. The molecule has 2 nitrogen and oxygen atoms in total. The molecule has 5 rings (SSSR count). The molecule has 5 aliphatic carbocycles. The van der Waals surface area contributed by atoms with Crippen LogP contribution >= 0.6 is 0 Å². The summed E-state index contributed by atoms with van der Waals surface area (Å²) in [5, 5.41) is 0. The van der Waals surface area contributed by atoms with Crippen molar-refractivity contribution in [3.8, 4) is 0 Å². The van der Waals surface area contributed by atoms with Gasteiger partial charge in [0.15, 0.2) is 0 Å². The average molecular weight is 511 g/mol. The summed E-state index contributed by atoms with van der Waals surface area (Å²) in [5.41, 5.74) is 3.39. The van der Waals surface area contributed by atoms with Crippen molar-refractivity contribution in [3.63, 3.8) is 0 Å². The molecule has 10 atom stereocenters. The summed E-state index contributed by atoms with van der Waals surface area (Å²) in [7, 11) is 0. The van der Waals surface area contributed by atoms with E-state index in [1.807, 2.05) is 0 Å². The van der Waals surface area contributed by atoms with Crippen LogP contribution in [0.3, 0.4) is 0 Å². The van der Waals surface area contributed by atoms with Crippen molar-refractivity contribution in [2.24, 2.45) is 62.6 Å². The predicted molar refractivity (Wildman–Crippen MR) is 154 cm³/mol. The molecule has 0 heterocycles. The number of carbonyl (C=O) groups excluding carboxylic acids is 1. The molecule has 0 amide bonds. The minimum Gasteiger partial charge on any atom is -0.462 e. The zero-order chi connectivity index (χ0) is 27.2. The van der Waals surface area contributed by atoms with E-state index in [0.717, 1.165) is 30.1 Å². The van der Waals surface area contributed by atoms with Crippen molar-refractivity contribution in [1.82, 2.24) is 0 Å². The smallest absolute Gasteiger partial charge is 0.306 e. The van der Waals surface area contributed by atoms with E-state index >= 15 is 0 Å². The first-order chi connectivity index (χ1) is 17.1. The topological polar surface area (TPSA) is 26.3 Å². The SMILES string of the molecule is CC1=CCC2(C)CCC3(C)C(CCC4C5(C)CCC(OC(=O)CC(C)C)C(C)(C)C5CCC43C)C2C1C. The van der Waals surface area contributed by atoms with Gasteiger partial charge in [0.2, 0.25) is 0 Å². The van der Waals surface area contributed by atoms with E-state index in [1.54, 1.807) is 5.57 Å². The van der Waals surface area contributed by atoms with Gasteiger partial charge in [-0.15, -0.1) is 0 Å². The standard InChI is InChI=1S/C35H58O2/c1-22(2)21-29(36)37-28-15-17-33(8)26(31(28,5)6)14-18-35(10)27(33)12-11-25-30-24(4)23(3)13-16-32(30,7)19-20-34(25,35)9/h13,22,24-28,30H,11-12,14-21H2,1-10H3. The second-order valence-electron chi connectivity index (χ2n) is 16.7. The number of hydrogen-bond donors (Lipinski definition) is 0. The van der Waals surface area contributed by atoms with Gasteiger partial charge in [-0.2, -0.15) is 0 Å². The molecule has 0 saturated heterocycles. The predicted octanol–water partition coefficient (Wildman–Crippen LogP) is 9.62. The Kier molecular flexibility index (Phi) is 6.65. The van der Waals surface area contributed by atoms with Gasteiger partial charge in [0, 0.05) is 11.8 Å². The maximum Gasteiger partial charge on any atom is 0.306 e. The van der Waals surface area contributed by atoms with Crippen LogP contribution in [-0.4, -0.2) is 12.1 Å². The molecule has 4 saturated carbocycles. The Bertz CT molecular complexity index is 945. The number of rotatable bonds is 3. The highest BCUT2D eigenvalue weighted by atomic mass is 16.5. The number of hydrogen-bond acceptors (Lipinski definition) is 2. The highest BCUT2D eigenvalue weighted by molar-refractivity contribution is 5.69. The van der Waals surface area contributed by atoms with Crippen molar-refractivity contribution in [2.75, 3.05) is 0 Å². The van der Waals surface area contributed by atoms with E-state index in [9.17, 15) is 4.79 Å². The number of carbonyl (C=O) groups is 1. The molecule has 0 aromatic rings. The van der Waals surface area contributed by atoms with Crippen LogP contribution in [0.5, 0.6) is 0 Å². The Morgan fingerprint density at radius 2 is 1.62 bits per heavy atom. The van der Waals surface area contributed by atoms with E-state index in [4.69, 9.17) is 4.74 Å². The monoisotopic (exact) mass is 510 g/mol. The van der Waals surface area contributed by atoms with Crippen LogP contribution in [0.4, 0.5) is 0 Å². The molecule has 0 radical (unpaired) electrons. The van der Waals surface area contributed by atoms with Gasteiger partial charge in [0.05, 0.1) is 0 Å². The molecule has 37 heavy (non-hydrogen) atoms. The summed E-state index contributed by atoms with van der Waals surface area (Å²) in [4.78, 5) is 12.7. The second kappa shape index (κ2) is 8.86. The highest BCUT2D eigenvalue weighted by Gasteiger charge is 2.69. The van der Waals surface area contributed by atoms with Gasteiger partial charge in [-0.05, 0) is 122 Å². The summed E-state index contributed by atoms with van der Waals surface area (Å²) < 4.78 is 6.23. The molecule has 5 aliphatic rings. The Morgan fingerprint density at radius 3 is 2.30 bits per heavy atom. The minimum absolute atomic E-state index is 0.0153. The Hall–Kier alpha value is -0.790. The van der Waals surface area contributed by atoms with Crippen molar-refractivity contribution >= 4 is 5.97 Å². The van der Waals surface area contributed by atoms with Crippen LogP contribution in [0.15, 0.2) is 11.6 Å². The number of allylic oxidation sites excluding steroid dienone is 2. The fourth-order valence-electron chi connectivity index (χ4n) is 12.0. The first-order valence-electron chi connectivity index (χ1n) is 16.0. The van der Waals surface area contributed by atoms with Crippen LogP contribution in [-0.2, 0) is 9.53 Å². The van der Waals surface area contributed by atoms with Gasteiger partial charge < -0.3 is 4.74 Å². The Balaban J connectivity index is 1.44. The van der Waals surface area contributed by atoms with Crippen LogP contribution in [0.2, 0.25) is 0 Å². The summed E-state index contributed by atoms with van der Waals surface area (Å²) in [6.45, 7) is 24.8. The fraction of sp³-hybridized carbons (Fsp3) is 0.914. The first kappa shape index (κ1) is 27.8. The molecule has 0 aliphatic heterocycles. The molecular weight excluding hydrogens is 452 g/mol. The molecular formula is C35H58O2. The van der Waals surface area contributed by atoms with Crippen LogP contribution in [0.1, 0.15) is 133 Å². The van der Waals surface area contributed by atoms with Crippen molar-refractivity contribution < 1.29 is 9.53 Å². The third-order valence-corrected chi connectivity index (χ3v) is 14.3. The molecule has 0 N–H and O–H groups in total. The lowest BCUT2D eigenvalue weighted by molar-refractivity contribution is -0.252. The van der Waals surface area contributed by atoms with Crippen LogP contribution in [0.25, 0.3) is 0 Å². The minimum atomic E-state index is 0.0153. The lowest BCUT2D eigenvalue weighted by Gasteiger charge is -2.73. The normalized spacial score (nSPS) is 50.7. The number of esters is 1. The van der Waals surface area contributed by atoms with E-state index in [0.29, 0.717) is 39.9 Å². The van der Waals surface area contributed by atoms with E-state index in [-0.39, 0.29) is 17.5 Å². The third-order valence-electron chi connectivity index (χ3n) is 14.3. The van der Waals surface area contributed by atoms with Crippen LogP contribution in [0, 0.1) is 62.6 Å². The van der Waals surface area contributed by atoms with E-state index in [2.05, 4.69) is 75.3 Å². The maximum atomic E-state index is 12.7. The summed E-state index contributed by atoms with van der Waals surface area (Å²) in [5.74, 6) is 4.22. The molecule has 0 aromatic carbocycles. The largest absolute Gasteiger partial charge is 0.462 e. The second-order valence-corrected chi connectivity index (χ2v) is 16.7. The van der Waals surface area contributed by atoms with Gasteiger partial charge in [0.25, 0.3) is 0 Å². The third kappa shape index (κ3) is 3.87. The quantitative estimate of drug-likeness (QED) is 0.279. The van der Waals surface area contributed by atoms with Gasteiger partial charge in [-0.3, -0.25) is 4.79 Å². The van der Waals surface area contributed by atoms with Gasteiger partial charge in [-0.1, -0.05) is 74.0 Å². The zero-order valence-electron chi connectivity index (χ0n) is 26.0. The number of fused-ring (bicyclic) bond motifs is 7. The fourth-order valence-corrected chi connectivity index (χ4v) is 12.0. The van der Waals surface area contributed by atoms with E-state index < -0.39 is 0 Å². The zero-order valence-corrected chi connectivity index (χ0v) is 26.0. The molecule has 2 heteroatoms. The van der Waals surface area contributed by atoms with Gasteiger partial charge >= 0.3 is 5.97 Å². The summed E-state index contributed by atoms with van der Waals surface area (Å²) in [6, 6.07) is 0. The first-order valence-corrected chi connectivity index (χ1v) is 16.0. The van der Waals surface area contributed by atoms with Crippen molar-refractivity contribution in [3.05, 3.63) is 11.6 Å².